The van der Waals surface area contributed by atoms with Gasteiger partial charge in [0.25, 0.3) is 0 Å². The van der Waals surface area contributed by atoms with Crippen molar-refractivity contribution < 1.29 is 28.4 Å². The summed E-state index contributed by atoms with van der Waals surface area (Å²) in [5.41, 5.74) is 0.373. The molecule has 1 N–H and O–H groups in total. The third-order valence-electron chi connectivity index (χ3n) is 6.77. The summed E-state index contributed by atoms with van der Waals surface area (Å²) in [6.45, 7) is 4.75. The monoisotopic (exact) mass is 504 g/mol. The fourth-order valence-corrected chi connectivity index (χ4v) is 5.80. The number of fused-ring (bicyclic) bond motifs is 1. The average Bonchev–Trinajstić information content (AvgIpc) is 3.23. The summed E-state index contributed by atoms with van der Waals surface area (Å²) in [6.07, 6.45) is -1.07. The number of nitro groups is 1. The van der Waals surface area contributed by atoms with Crippen molar-refractivity contribution in [2.45, 2.75) is 19.6 Å². The van der Waals surface area contributed by atoms with Crippen LogP contribution in [-0.2, 0) is 16.1 Å². The van der Waals surface area contributed by atoms with Gasteiger partial charge in [0.1, 0.15) is 6.10 Å². The number of nitrogens with one attached hydrogen (secondary N) is 1. The van der Waals surface area contributed by atoms with Crippen LogP contribution in [0.25, 0.3) is 0 Å². The van der Waals surface area contributed by atoms with E-state index in [9.17, 15) is 24.1 Å². The fourth-order valence-electron chi connectivity index (χ4n) is 4.94. The van der Waals surface area contributed by atoms with E-state index < -0.39 is 18.0 Å². The third kappa shape index (κ3) is 5.08. The largest absolute Gasteiger partial charge is 0.490 e. The maximum atomic E-state index is 14.7. The summed E-state index contributed by atoms with van der Waals surface area (Å²) in [6, 6.07) is 7.76. The molecule has 10 nitrogen and oxygen atoms in total. The molecule has 2 aliphatic heterocycles. The number of hydrogen-bond acceptors (Lipinski definition) is 8. The van der Waals surface area contributed by atoms with Gasteiger partial charge in [0.15, 0.2) is 11.6 Å². The van der Waals surface area contributed by atoms with Gasteiger partial charge in [-0.3, -0.25) is 24.7 Å². The van der Waals surface area contributed by atoms with Crippen LogP contribution < -0.4 is 15.0 Å². The zero-order valence-electron chi connectivity index (χ0n) is 19.0. The van der Waals surface area contributed by atoms with Crippen molar-refractivity contribution in [2.24, 2.45) is 17.8 Å². The summed E-state index contributed by atoms with van der Waals surface area (Å²) in [7, 11) is 0. The number of piperidine rings is 1. The summed E-state index contributed by atoms with van der Waals surface area (Å²) in [5, 5.41) is 13.6. The SMILES string of the molecule is CC(=O)NC[C@H]1CN(c2ccc(OCC3[C@H]4CN(Cc5ccc([N+](=O)[O-])s5)C[C@@H]34)c(F)c2)C(=O)O1. The number of ether oxygens (including phenoxy) is 2. The first kappa shape index (κ1) is 23.5. The molecule has 1 aromatic carbocycles. The van der Waals surface area contributed by atoms with E-state index in [1.165, 1.54) is 35.3 Å². The number of nitrogens with zero attached hydrogens (tertiary/aromatic N) is 3. The standard InChI is InChI=1S/C23H25FN4O6S/c1-13(29)25-7-15-8-27(23(30)34-15)14-2-4-21(20(24)6-14)33-12-19-17-10-26(11-18(17)19)9-16-3-5-22(35-16)28(31)32/h2-6,15,17-19H,7-12H2,1H3,(H,25,29)/t15-,17-,18+,19?/m0/s1. The molecule has 0 radical (unpaired) electrons. The van der Waals surface area contributed by atoms with Crippen LogP contribution in [0.15, 0.2) is 30.3 Å². The normalized spacial score (nSPS) is 25.3. The lowest BCUT2D eigenvalue weighted by Gasteiger charge is -2.19. The second kappa shape index (κ2) is 9.42. The number of benzene rings is 1. The predicted molar refractivity (Wildman–Crippen MR) is 125 cm³/mol. The van der Waals surface area contributed by atoms with Crippen molar-refractivity contribution in [1.29, 1.82) is 0 Å². The van der Waals surface area contributed by atoms with Gasteiger partial charge in [0.05, 0.1) is 30.3 Å². The minimum Gasteiger partial charge on any atom is -0.490 e. The molecule has 5 rings (SSSR count). The number of cyclic esters (lactones) is 1. The summed E-state index contributed by atoms with van der Waals surface area (Å²) < 4.78 is 25.7. The Kier molecular flexibility index (Phi) is 6.32. The lowest BCUT2D eigenvalue weighted by Crippen LogP contribution is -2.33. The second-order valence-corrected chi connectivity index (χ2v) is 10.3. The van der Waals surface area contributed by atoms with Crippen molar-refractivity contribution >= 4 is 34.0 Å². The van der Waals surface area contributed by atoms with Gasteiger partial charge >= 0.3 is 11.1 Å². The van der Waals surface area contributed by atoms with Gasteiger partial charge in [0, 0.05) is 49.5 Å². The number of rotatable bonds is 9. The van der Waals surface area contributed by atoms with E-state index in [0.717, 1.165) is 18.0 Å². The zero-order chi connectivity index (χ0) is 24.7. The molecule has 12 heteroatoms. The molecule has 186 valence electrons. The molecule has 35 heavy (non-hydrogen) atoms. The van der Waals surface area contributed by atoms with Crippen molar-refractivity contribution in [3.05, 3.63) is 51.1 Å². The van der Waals surface area contributed by atoms with Crippen molar-refractivity contribution in [1.82, 2.24) is 10.2 Å². The van der Waals surface area contributed by atoms with Crippen molar-refractivity contribution in [2.75, 3.05) is 37.7 Å². The van der Waals surface area contributed by atoms with Crippen LogP contribution in [0.5, 0.6) is 5.75 Å². The Balaban J connectivity index is 1.09. The number of anilines is 1. The Morgan fingerprint density at radius 3 is 2.71 bits per heavy atom. The van der Waals surface area contributed by atoms with Gasteiger partial charge in [-0.1, -0.05) is 11.3 Å². The van der Waals surface area contributed by atoms with Crippen LogP contribution in [0.3, 0.4) is 0 Å². The smallest absolute Gasteiger partial charge is 0.414 e. The molecule has 2 aromatic rings. The van der Waals surface area contributed by atoms with E-state index in [1.54, 1.807) is 12.1 Å². The summed E-state index contributed by atoms with van der Waals surface area (Å²) >= 11 is 1.21. The molecular weight excluding hydrogens is 479 g/mol. The van der Waals surface area contributed by atoms with Crippen LogP contribution in [0.2, 0.25) is 0 Å². The van der Waals surface area contributed by atoms with Gasteiger partial charge in [-0.25, -0.2) is 9.18 Å². The number of thiophene rings is 1. The Labute approximate surface area is 204 Å². The Morgan fingerprint density at radius 1 is 1.29 bits per heavy atom. The van der Waals surface area contributed by atoms with Crippen LogP contribution in [0, 0.1) is 33.7 Å². The molecule has 3 heterocycles. The predicted octanol–water partition coefficient (Wildman–Crippen LogP) is 3.01. The molecule has 4 atom stereocenters. The van der Waals surface area contributed by atoms with Crippen molar-refractivity contribution in [3.8, 4) is 5.75 Å². The minimum absolute atomic E-state index is 0.142. The molecule has 1 aliphatic carbocycles. The van der Waals surface area contributed by atoms with Crippen LogP contribution >= 0.6 is 11.3 Å². The Hall–Kier alpha value is -3.25. The molecular formula is C23H25FN4O6S. The first-order valence-electron chi connectivity index (χ1n) is 11.4. The van der Waals surface area contributed by atoms with Gasteiger partial charge in [-0.15, -0.1) is 0 Å². The van der Waals surface area contributed by atoms with E-state index >= 15 is 0 Å². The summed E-state index contributed by atoms with van der Waals surface area (Å²) in [5.74, 6) is 0.731. The van der Waals surface area contributed by atoms with Crippen LogP contribution in [0.1, 0.15) is 11.8 Å². The molecule has 3 fully saturated rings. The Morgan fingerprint density at radius 2 is 2.06 bits per heavy atom. The van der Waals surface area contributed by atoms with Gasteiger partial charge < -0.3 is 14.8 Å². The van der Waals surface area contributed by atoms with Crippen LogP contribution in [0.4, 0.5) is 19.9 Å². The molecule has 2 saturated heterocycles. The minimum atomic E-state index is -0.582. The first-order valence-corrected chi connectivity index (χ1v) is 12.2. The second-order valence-electron chi connectivity index (χ2n) is 9.16. The fraction of sp³-hybridized carbons (Fsp3) is 0.478. The maximum Gasteiger partial charge on any atom is 0.414 e. The first-order chi connectivity index (χ1) is 16.8. The highest BCUT2D eigenvalue weighted by Crippen LogP contribution is 2.52. The molecule has 1 saturated carbocycles. The van der Waals surface area contributed by atoms with E-state index in [1.807, 2.05) is 6.07 Å². The average molecular weight is 505 g/mol. The third-order valence-corrected chi connectivity index (χ3v) is 7.79. The van der Waals surface area contributed by atoms with Crippen molar-refractivity contribution in [3.63, 3.8) is 0 Å². The number of hydrogen-bond donors (Lipinski definition) is 1. The number of carbonyl (C=O) groups is 2. The van der Waals surface area contributed by atoms with E-state index in [-0.39, 0.29) is 34.7 Å². The molecule has 3 aliphatic rings. The number of halogens is 1. The maximum absolute atomic E-state index is 14.7. The molecule has 2 amide bonds. The summed E-state index contributed by atoms with van der Waals surface area (Å²) in [4.78, 5) is 38.3. The lowest BCUT2D eigenvalue weighted by molar-refractivity contribution is -0.380. The van der Waals surface area contributed by atoms with Gasteiger partial charge in [0.2, 0.25) is 5.91 Å². The van der Waals surface area contributed by atoms with Crippen LogP contribution in [-0.4, -0.2) is 60.7 Å². The quantitative estimate of drug-likeness (QED) is 0.412. The lowest BCUT2D eigenvalue weighted by atomic mass is 10.2. The molecule has 1 unspecified atom stereocenters. The molecule has 0 spiro atoms. The Bertz CT molecular complexity index is 1150. The zero-order valence-corrected chi connectivity index (χ0v) is 19.8. The topological polar surface area (TPSA) is 114 Å². The highest BCUT2D eigenvalue weighted by atomic mass is 32.1. The molecule has 1 aromatic heterocycles. The number of carbonyl (C=O) groups excluding carboxylic acids is 2. The highest BCUT2D eigenvalue weighted by Gasteiger charge is 2.55. The van der Waals surface area contributed by atoms with Gasteiger partial charge in [-0.05, 0) is 30.0 Å². The van der Waals surface area contributed by atoms with E-state index in [0.29, 0.717) is 36.6 Å². The number of likely N-dealkylation sites (tertiary alicyclic amines) is 1. The van der Waals surface area contributed by atoms with E-state index in [2.05, 4.69) is 10.2 Å². The van der Waals surface area contributed by atoms with E-state index in [4.69, 9.17) is 9.47 Å². The number of amides is 2. The highest BCUT2D eigenvalue weighted by molar-refractivity contribution is 7.15. The molecule has 0 bridgehead atoms. The van der Waals surface area contributed by atoms with Gasteiger partial charge in [-0.2, -0.15) is 0 Å².